The molecule has 0 bridgehead atoms. The maximum absolute atomic E-state index is 13.6. The number of likely N-dealkylation sites (tertiary alicyclic amines) is 1. The summed E-state index contributed by atoms with van der Waals surface area (Å²) in [5.74, 6) is -1.46. The smallest absolute Gasteiger partial charge is 0.295 e. The van der Waals surface area contributed by atoms with E-state index in [9.17, 15) is 19.1 Å². The van der Waals surface area contributed by atoms with Gasteiger partial charge in [-0.05, 0) is 68.9 Å². The molecule has 0 saturated carbocycles. The van der Waals surface area contributed by atoms with Gasteiger partial charge in [0.15, 0.2) is 0 Å². The Bertz CT molecular complexity index is 1010. The summed E-state index contributed by atoms with van der Waals surface area (Å²) in [4.78, 5) is 29.7. The average Bonchev–Trinajstić information content (AvgIpc) is 3.05. The molecule has 1 aliphatic heterocycles. The number of benzene rings is 2. The molecule has 1 atom stereocenters. The van der Waals surface area contributed by atoms with E-state index >= 15 is 0 Å². The Kier molecular flexibility index (Phi) is 7.87. The fourth-order valence-corrected chi connectivity index (χ4v) is 4.01. The van der Waals surface area contributed by atoms with Gasteiger partial charge < -0.3 is 19.6 Å². The van der Waals surface area contributed by atoms with Crippen LogP contribution in [0.1, 0.15) is 44.9 Å². The SMILES string of the molecule is CCN(CC)CCN1C(=O)C(=O)C(=C(O)c2ccc(OC(C)C)cc2)[C@H]1c1ccc(F)cc1. The van der Waals surface area contributed by atoms with Gasteiger partial charge in [-0.1, -0.05) is 26.0 Å². The number of aliphatic hydroxyl groups excluding tert-OH is 1. The quantitative estimate of drug-likeness (QED) is 0.346. The number of halogens is 1. The summed E-state index contributed by atoms with van der Waals surface area (Å²) in [5, 5.41) is 11.1. The van der Waals surface area contributed by atoms with Crippen molar-refractivity contribution in [3.8, 4) is 5.75 Å². The summed E-state index contributed by atoms with van der Waals surface area (Å²) in [6.07, 6.45) is -0.000875. The molecule has 1 saturated heterocycles. The molecule has 2 aromatic rings. The number of aliphatic hydroxyl groups is 1. The van der Waals surface area contributed by atoms with E-state index in [0.29, 0.717) is 30.0 Å². The van der Waals surface area contributed by atoms with Crippen molar-refractivity contribution in [2.45, 2.75) is 39.8 Å². The lowest BCUT2D eigenvalue weighted by Gasteiger charge is -2.28. The van der Waals surface area contributed by atoms with Crippen LogP contribution in [0, 0.1) is 5.82 Å². The van der Waals surface area contributed by atoms with Gasteiger partial charge in [-0.2, -0.15) is 0 Å². The fourth-order valence-electron chi connectivity index (χ4n) is 4.01. The Morgan fingerprint density at radius 1 is 1.06 bits per heavy atom. The Labute approximate surface area is 194 Å². The molecule has 3 rings (SSSR count). The highest BCUT2D eigenvalue weighted by atomic mass is 19.1. The van der Waals surface area contributed by atoms with Crippen LogP contribution in [0.5, 0.6) is 5.75 Å². The molecule has 1 aliphatic rings. The Balaban J connectivity index is 2.04. The largest absolute Gasteiger partial charge is 0.507 e. The second-order valence-electron chi connectivity index (χ2n) is 8.26. The normalized spacial score (nSPS) is 17.9. The van der Waals surface area contributed by atoms with Gasteiger partial charge in [0.2, 0.25) is 0 Å². The highest BCUT2D eigenvalue weighted by Gasteiger charge is 2.45. The van der Waals surface area contributed by atoms with Crippen LogP contribution in [0.4, 0.5) is 4.39 Å². The van der Waals surface area contributed by atoms with Gasteiger partial charge in [-0.25, -0.2) is 4.39 Å². The molecule has 176 valence electrons. The third-order valence-corrected chi connectivity index (χ3v) is 5.78. The molecule has 6 nitrogen and oxygen atoms in total. The van der Waals surface area contributed by atoms with E-state index in [1.165, 1.54) is 17.0 Å². The predicted octanol–water partition coefficient (Wildman–Crippen LogP) is 4.38. The number of ether oxygens (including phenoxy) is 1. The predicted molar refractivity (Wildman–Crippen MR) is 125 cm³/mol. The van der Waals surface area contributed by atoms with E-state index < -0.39 is 23.5 Å². The number of carbonyl (C=O) groups excluding carboxylic acids is 2. The summed E-state index contributed by atoms with van der Waals surface area (Å²) in [7, 11) is 0. The van der Waals surface area contributed by atoms with Crippen molar-refractivity contribution >= 4 is 17.4 Å². The third-order valence-electron chi connectivity index (χ3n) is 5.78. The molecule has 0 unspecified atom stereocenters. The molecule has 0 aromatic heterocycles. The molecule has 0 aliphatic carbocycles. The highest BCUT2D eigenvalue weighted by molar-refractivity contribution is 6.46. The molecule has 0 radical (unpaired) electrons. The van der Waals surface area contributed by atoms with E-state index in [0.717, 1.165) is 13.1 Å². The van der Waals surface area contributed by atoms with E-state index in [1.807, 2.05) is 27.7 Å². The average molecular weight is 455 g/mol. The van der Waals surface area contributed by atoms with Crippen LogP contribution >= 0.6 is 0 Å². The van der Waals surface area contributed by atoms with Crippen molar-refractivity contribution in [1.82, 2.24) is 9.80 Å². The van der Waals surface area contributed by atoms with Crippen molar-refractivity contribution < 1.29 is 23.8 Å². The zero-order valence-electron chi connectivity index (χ0n) is 19.5. The number of nitrogens with zero attached hydrogens (tertiary/aromatic N) is 2. The number of hydrogen-bond acceptors (Lipinski definition) is 5. The first kappa shape index (κ1) is 24.5. The van der Waals surface area contributed by atoms with Crippen LogP contribution in [0.25, 0.3) is 5.76 Å². The summed E-state index contributed by atoms with van der Waals surface area (Å²) in [5.41, 5.74) is 0.972. The second kappa shape index (κ2) is 10.6. The number of hydrogen-bond donors (Lipinski definition) is 1. The summed E-state index contributed by atoms with van der Waals surface area (Å²) >= 11 is 0. The monoisotopic (exact) mass is 454 g/mol. The number of amides is 1. The Morgan fingerprint density at radius 3 is 2.21 bits per heavy atom. The van der Waals surface area contributed by atoms with Gasteiger partial charge >= 0.3 is 0 Å². The van der Waals surface area contributed by atoms with Crippen molar-refractivity contribution in [2.24, 2.45) is 0 Å². The zero-order valence-corrected chi connectivity index (χ0v) is 19.5. The van der Waals surface area contributed by atoms with E-state index in [1.54, 1.807) is 36.4 Å². The first-order valence-corrected chi connectivity index (χ1v) is 11.3. The number of likely N-dealkylation sites (N-methyl/N-ethyl adjacent to an activating group) is 1. The Hall–Kier alpha value is -3.19. The number of ketones is 1. The molecule has 1 N–H and O–H groups in total. The van der Waals surface area contributed by atoms with Crippen LogP contribution in [0.15, 0.2) is 54.1 Å². The van der Waals surface area contributed by atoms with E-state index in [-0.39, 0.29) is 17.4 Å². The van der Waals surface area contributed by atoms with E-state index in [4.69, 9.17) is 4.74 Å². The lowest BCUT2D eigenvalue weighted by Crippen LogP contribution is -2.38. The van der Waals surface area contributed by atoms with Gasteiger partial charge in [0.1, 0.15) is 17.3 Å². The maximum Gasteiger partial charge on any atom is 0.295 e. The third kappa shape index (κ3) is 5.42. The van der Waals surface area contributed by atoms with Gasteiger partial charge in [0.05, 0.1) is 17.7 Å². The zero-order chi connectivity index (χ0) is 24.1. The first-order chi connectivity index (χ1) is 15.8. The summed E-state index contributed by atoms with van der Waals surface area (Å²) < 4.78 is 19.2. The number of Topliss-reactive ketones (excluding diaryl/α,β-unsaturated/α-hetero) is 1. The van der Waals surface area contributed by atoms with Crippen LogP contribution in [0.3, 0.4) is 0 Å². The van der Waals surface area contributed by atoms with Crippen LogP contribution in [0.2, 0.25) is 0 Å². The fraction of sp³-hybridized carbons (Fsp3) is 0.385. The molecule has 1 amide bonds. The first-order valence-electron chi connectivity index (χ1n) is 11.3. The number of rotatable bonds is 9. The molecule has 33 heavy (non-hydrogen) atoms. The minimum atomic E-state index is -0.798. The highest BCUT2D eigenvalue weighted by Crippen LogP contribution is 2.39. The van der Waals surface area contributed by atoms with Crippen molar-refractivity contribution in [2.75, 3.05) is 26.2 Å². The standard InChI is InChI=1S/C26H31FN2O4/c1-5-28(6-2)15-16-29-23(18-7-11-20(27)12-8-18)22(25(31)26(29)32)24(30)19-9-13-21(14-10-19)33-17(3)4/h7-14,17,23,30H,5-6,15-16H2,1-4H3/t23-/m1/s1. The van der Waals surface area contributed by atoms with Crippen LogP contribution < -0.4 is 4.74 Å². The van der Waals surface area contributed by atoms with Gasteiger partial charge in [0, 0.05) is 18.7 Å². The molecule has 1 heterocycles. The van der Waals surface area contributed by atoms with Gasteiger partial charge in [-0.3, -0.25) is 9.59 Å². The van der Waals surface area contributed by atoms with Crippen LogP contribution in [-0.2, 0) is 9.59 Å². The maximum atomic E-state index is 13.6. The minimum Gasteiger partial charge on any atom is -0.507 e. The molecule has 2 aromatic carbocycles. The lowest BCUT2D eigenvalue weighted by molar-refractivity contribution is -0.140. The molecule has 7 heteroatoms. The van der Waals surface area contributed by atoms with Crippen molar-refractivity contribution in [1.29, 1.82) is 0 Å². The second-order valence-corrected chi connectivity index (χ2v) is 8.26. The van der Waals surface area contributed by atoms with Crippen molar-refractivity contribution in [3.05, 3.63) is 71.0 Å². The molecular weight excluding hydrogens is 423 g/mol. The molecule has 1 fully saturated rings. The summed E-state index contributed by atoms with van der Waals surface area (Å²) in [6, 6.07) is 11.6. The van der Waals surface area contributed by atoms with E-state index in [2.05, 4.69) is 4.90 Å². The van der Waals surface area contributed by atoms with Gasteiger partial charge in [-0.15, -0.1) is 0 Å². The topological polar surface area (TPSA) is 70.1 Å². The Morgan fingerprint density at radius 2 is 1.67 bits per heavy atom. The number of carbonyl (C=O) groups is 2. The molecular formula is C26H31FN2O4. The van der Waals surface area contributed by atoms with Gasteiger partial charge in [0.25, 0.3) is 11.7 Å². The lowest BCUT2D eigenvalue weighted by atomic mass is 9.95. The molecule has 0 spiro atoms. The van der Waals surface area contributed by atoms with Crippen molar-refractivity contribution in [3.63, 3.8) is 0 Å². The summed E-state index contributed by atoms with van der Waals surface area (Å²) in [6.45, 7) is 10.4. The minimum absolute atomic E-state index is 0.000875. The van der Waals surface area contributed by atoms with Crippen LogP contribution in [-0.4, -0.2) is 58.9 Å².